The van der Waals surface area contributed by atoms with E-state index < -0.39 is 0 Å². The summed E-state index contributed by atoms with van der Waals surface area (Å²) in [6, 6.07) is 0. The molecule has 2 aliphatic rings. The van der Waals surface area contributed by atoms with Crippen molar-refractivity contribution in [3.8, 4) is 0 Å². The summed E-state index contributed by atoms with van der Waals surface area (Å²) in [6.45, 7) is 0. The highest BCUT2D eigenvalue weighted by Gasteiger charge is 2.11. The van der Waals surface area contributed by atoms with Gasteiger partial charge >= 0.3 is 0 Å². The summed E-state index contributed by atoms with van der Waals surface area (Å²) >= 11 is 0. The van der Waals surface area contributed by atoms with Crippen LogP contribution in [0, 0.1) is 0 Å². The van der Waals surface area contributed by atoms with Gasteiger partial charge < -0.3 is 4.81 Å². The SMILES string of the molecule is FC1=CN2[B]C=CC=C2C=C1. The molecule has 0 atom stereocenters. The van der Waals surface area contributed by atoms with Crippen molar-refractivity contribution in [3.05, 3.63) is 48.0 Å². The number of halogens is 1. The molecule has 0 saturated heterocycles. The predicted molar refractivity (Wildman–Crippen MR) is 43.1 cm³/mol. The molecule has 0 saturated carbocycles. The fourth-order valence-corrected chi connectivity index (χ4v) is 1.07. The zero-order valence-corrected chi connectivity index (χ0v) is 5.87. The standard InChI is InChI=1S/C8H6BFN/c10-7-3-4-8-2-1-5-9-11(8)6-7/h1-6H. The molecular formula is C8H6BFN. The zero-order chi connectivity index (χ0) is 7.68. The second kappa shape index (κ2) is 2.42. The van der Waals surface area contributed by atoms with E-state index in [1.807, 2.05) is 25.5 Å². The van der Waals surface area contributed by atoms with Crippen LogP contribution in [0.15, 0.2) is 48.0 Å². The second-order valence-corrected chi connectivity index (χ2v) is 2.38. The smallest absolute Gasteiger partial charge is 0.282 e. The average molecular weight is 146 g/mol. The van der Waals surface area contributed by atoms with Crippen molar-refractivity contribution in [1.82, 2.24) is 4.81 Å². The summed E-state index contributed by atoms with van der Waals surface area (Å²) in [7, 11) is 1.82. The van der Waals surface area contributed by atoms with Crippen molar-refractivity contribution >= 4 is 7.41 Å². The van der Waals surface area contributed by atoms with Crippen LogP contribution in [0.3, 0.4) is 0 Å². The molecule has 0 aliphatic carbocycles. The summed E-state index contributed by atoms with van der Waals surface area (Å²) in [6.07, 6.45) is 8.51. The van der Waals surface area contributed by atoms with Gasteiger partial charge in [-0.05, 0) is 18.2 Å². The Morgan fingerprint density at radius 2 is 2.27 bits per heavy atom. The van der Waals surface area contributed by atoms with Crippen molar-refractivity contribution in [3.63, 3.8) is 0 Å². The summed E-state index contributed by atoms with van der Waals surface area (Å²) < 4.78 is 12.6. The van der Waals surface area contributed by atoms with E-state index in [0.717, 1.165) is 5.70 Å². The molecule has 0 fully saturated rings. The normalized spacial score (nSPS) is 20.3. The fraction of sp³-hybridized carbons (Fsp3) is 0. The van der Waals surface area contributed by atoms with Gasteiger partial charge in [0.25, 0.3) is 7.41 Å². The Bertz CT molecular complexity index is 288. The Hall–Kier alpha value is -1.25. The minimum absolute atomic E-state index is 0.214. The van der Waals surface area contributed by atoms with Crippen molar-refractivity contribution in [2.24, 2.45) is 0 Å². The third-order valence-corrected chi connectivity index (χ3v) is 1.60. The number of hydrogen-bond acceptors (Lipinski definition) is 1. The minimum Gasteiger partial charge on any atom is -0.390 e. The monoisotopic (exact) mass is 146 g/mol. The van der Waals surface area contributed by atoms with Crippen LogP contribution in [0.1, 0.15) is 0 Å². The Balaban J connectivity index is 2.33. The third-order valence-electron chi connectivity index (χ3n) is 1.60. The van der Waals surface area contributed by atoms with Crippen LogP contribution in [-0.4, -0.2) is 12.2 Å². The maximum atomic E-state index is 12.6. The molecule has 1 radical (unpaired) electrons. The number of rotatable bonds is 0. The first-order chi connectivity index (χ1) is 5.36. The van der Waals surface area contributed by atoms with Crippen molar-refractivity contribution in [2.75, 3.05) is 0 Å². The van der Waals surface area contributed by atoms with Crippen LogP contribution in [-0.2, 0) is 0 Å². The molecule has 0 spiro atoms. The van der Waals surface area contributed by atoms with Crippen molar-refractivity contribution in [1.29, 1.82) is 0 Å². The third kappa shape index (κ3) is 1.14. The second-order valence-electron chi connectivity index (χ2n) is 2.38. The lowest BCUT2D eigenvalue weighted by atomic mass is 9.86. The molecule has 0 amide bonds. The molecule has 0 unspecified atom stereocenters. The van der Waals surface area contributed by atoms with Gasteiger partial charge in [-0.3, -0.25) is 0 Å². The molecule has 11 heavy (non-hydrogen) atoms. The van der Waals surface area contributed by atoms with E-state index in [1.165, 1.54) is 12.3 Å². The van der Waals surface area contributed by atoms with E-state index in [4.69, 9.17) is 0 Å². The van der Waals surface area contributed by atoms with Gasteiger partial charge in [-0.2, -0.15) is 0 Å². The van der Waals surface area contributed by atoms with Crippen LogP contribution in [0.2, 0.25) is 0 Å². The van der Waals surface area contributed by atoms with Gasteiger partial charge in [0, 0.05) is 11.9 Å². The Kier molecular flexibility index (Phi) is 1.42. The molecular weight excluding hydrogens is 140 g/mol. The summed E-state index contributed by atoms with van der Waals surface area (Å²) in [5.41, 5.74) is 0.994. The van der Waals surface area contributed by atoms with Crippen LogP contribution in [0.4, 0.5) is 4.39 Å². The number of allylic oxidation sites excluding steroid dienone is 5. The lowest BCUT2D eigenvalue weighted by molar-refractivity contribution is 0.614. The maximum absolute atomic E-state index is 12.6. The number of nitrogens with zero attached hydrogens (tertiary/aromatic N) is 1. The largest absolute Gasteiger partial charge is 0.390 e. The zero-order valence-electron chi connectivity index (χ0n) is 5.87. The maximum Gasteiger partial charge on any atom is 0.282 e. The highest BCUT2D eigenvalue weighted by molar-refractivity contribution is 6.40. The van der Waals surface area contributed by atoms with Crippen molar-refractivity contribution < 1.29 is 4.39 Å². The first kappa shape index (κ1) is 6.46. The van der Waals surface area contributed by atoms with Gasteiger partial charge in [-0.15, -0.1) is 0 Å². The summed E-state index contributed by atoms with van der Waals surface area (Å²) in [5.74, 6) is 1.65. The van der Waals surface area contributed by atoms with E-state index in [0.29, 0.717) is 0 Å². The topological polar surface area (TPSA) is 3.24 Å². The molecule has 1 nitrogen and oxygen atoms in total. The van der Waals surface area contributed by atoms with Gasteiger partial charge in [0.1, 0.15) is 5.83 Å². The van der Waals surface area contributed by atoms with E-state index in [-0.39, 0.29) is 5.83 Å². The van der Waals surface area contributed by atoms with Crippen LogP contribution in [0.25, 0.3) is 0 Å². The molecule has 53 valence electrons. The molecule has 2 aliphatic heterocycles. The van der Waals surface area contributed by atoms with E-state index in [2.05, 4.69) is 0 Å². The van der Waals surface area contributed by atoms with E-state index >= 15 is 0 Å². The highest BCUT2D eigenvalue weighted by atomic mass is 19.1. The lowest BCUT2D eigenvalue weighted by Gasteiger charge is -2.23. The minimum atomic E-state index is -0.214. The van der Waals surface area contributed by atoms with E-state index in [9.17, 15) is 4.39 Å². The van der Waals surface area contributed by atoms with Gasteiger partial charge in [0.2, 0.25) is 0 Å². The van der Waals surface area contributed by atoms with Crippen LogP contribution in [0.5, 0.6) is 0 Å². The first-order valence-electron chi connectivity index (χ1n) is 3.42. The summed E-state index contributed by atoms with van der Waals surface area (Å²) in [5, 5.41) is 0. The number of fused-ring (bicyclic) bond motifs is 1. The van der Waals surface area contributed by atoms with Gasteiger partial charge in [-0.25, -0.2) is 4.39 Å². The van der Waals surface area contributed by atoms with Gasteiger partial charge in [0.15, 0.2) is 0 Å². The fourth-order valence-electron chi connectivity index (χ4n) is 1.07. The molecule has 0 aromatic heterocycles. The molecule has 0 N–H and O–H groups in total. The lowest BCUT2D eigenvalue weighted by Crippen LogP contribution is -2.22. The Labute approximate surface area is 65.5 Å². The van der Waals surface area contributed by atoms with Crippen molar-refractivity contribution in [2.45, 2.75) is 0 Å². The molecule has 0 aromatic carbocycles. The van der Waals surface area contributed by atoms with Crippen LogP contribution < -0.4 is 0 Å². The first-order valence-corrected chi connectivity index (χ1v) is 3.42. The molecule has 2 rings (SSSR count). The van der Waals surface area contributed by atoms with Gasteiger partial charge in [0.05, 0.1) is 0 Å². The van der Waals surface area contributed by atoms with Gasteiger partial charge in [-0.1, -0.05) is 12.1 Å². The number of hydrogen-bond donors (Lipinski definition) is 0. The Morgan fingerprint density at radius 1 is 1.36 bits per heavy atom. The highest BCUT2D eigenvalue weighted by Crippen LogP contribution is 2.18. The van der Waals surface area contributed by atoms with Crippen LogP contribution >= 0.6 is 0 Å². The predicted octanol–water partition coefficient (Wildman–Crippen LogP) is 1.70. The Morgan fingerprint density at radius 3 is 3.18 bits per heavy atom. The molecule has 3 heteroatoms. The van der Waals surface area contributed by atoms with E-state index in [1.54, 1.807) is 10.9 Å². The molecule has 0 bridgehead atoms. The molecule has 2 heterocycles. The molecule has 0 aromatic rings. The quantitative estimate of drug-likeness (QED) is 0.470. The summed E-state index contributed by atoms with van der Waals surface area (Å²) in [4.78, 5) is 1.75. The average Bonchev–Trinajstić information content (AvgIpc) is 2.04.